The van der Waals surface area contributed by atoms with E-state index in [2.05, 4.69) is 0 Å². The number of aryl methyl sites for hydroxylation is 1. The molecule has 1 amide bonds. The molecule has 0 aliphatic carbocycles. The van der Waals surface area contributed by atoms with E-state index < -0.39 is 53.0 Å². The highest BCUT2D eigenvalue weighted by molar-refractivity contribution is 7.89. The maximum atomic E-state index is 13.2. The molecule has 1 aliphatic heterocycles. The normalized spacial score (nSPS) is 20.2. The van der Waals surface area contributed by atoms with Crippen molar-refractivity contribution < 1.29 is 44.7 Å². The fraction of sp³-hybridized carbons (Fsp3) is 0.389. The molecule has 0 saturated carbocycles. The number of fused-ring (bicyclic) bond motifs is 1. The molecule has 0 radical (unpaired) electrons. The summed E-state index contributed by atoms with van der Waals surface area (Å²) >= 11 is 0. The zero-order chi connectivity index (χ0) is 23.4. The number of sulfonamides is 1. The lowest BCUT2D eigenvalue weighted by molar-refractivity contribution is -0.307. The highest BCUT2D eigenvalue weighted by Gasteiger charge is 2.67. The number of nitrogens with zero attached hydrogens (tertiary/aromatic N) is 1. The Balaban J connectivity index is 2.01. The first-order valence-electron chi connectivity index (χ1n) is 8.78. The van der Waals surface area contributed by atoms with E-state index in [4.69, 9.17) is 5.11 Å². The number of carboxylic acid groups (broad SMARTS) is 1. The van der Waals surface area contributed by atoms with Crippen LogP contribution in [0.5, 0.6) is 0 Å². The maximum absolute atomic E-state index is 13.2. The highest BCUT2D eigenvalue weighted by Crippen LogP contribution is 2.46. The fourth-order valence-electron chi connectivity index (χ4n) is 3.74. The molecule has 1 fully saturated rings. The number of amides is 1. The van der Waals surface area contributed by atoms with Gasteiger partial charge in [-0.15, -0.1) is 0 Å². The van der Waals surface area contributed by atoms with E-state index in [0.717, 1.165) is 0 Å². The average molecular weight is 470 g/mol. The lowest BCUT2D eigenvalue weighted by Crippen LogP contribution is -2.73. The molecular weight excluding hydrogens is 454 g/mol. The van der Waals surface area contributed by atoms with Crippen molar-refractivity contribution in [1.29, 1.82) is 0 Å². The van der Waals surface area contributed by atoms with Crippen LogP contribution in [0.1, 0.15) is 5.56 Å². The second-order valence-electron chi connectivity index (χ2n) is 7.14. The number of hydrogen-bond acceptors (Lipinski definition) is 3. The van der Waals surface area contributed by atoms with E-state index in [9.17, 15) is 39.6 Å². The summed E-state index contributed by atoms with van der Waals surface area (Å²) in [4.78, 5) is 10.8. The molecule has 13 heteroatoms. The smallest absolute Gasteiger partial charge is 0.407 e. The molecule has 0 aromatic heterocycles. The topological polar surface area (TPSA) is 86.7 Å². The average Bonchev–Trinajstić information content (AvgIpc) is 2.61. The third kappa shape index (κ3) is 4.28. The summed E-state index contributed by atoms with van der Waals surface area (Å²) in [5, 5.41) is 9.76. The predicted molar refractivity (Wildman–Crippen MR) is 96.9 cm³/mol. The Morgan fingerprint density at radius 1 is 1.06 bits per heavy atom. The van der Waals surface area contributed by atoms with Gasteiger partial charge in [0, 0.05) is 11.9 Å². The van der Waals surface area contributed by atoms with Gasteiger partial charge >= 0.3 is 18.4 Å². The Morgan fingerprint density at radius 3 is 2.13 bits per heavy atom. The van der Waals surface area contributed by atoms with Crippen LogP contribution in [0.15, 0.2) is 41.3 Å². The number of nitrogens with one attached hydrogen (secondary N) is 1. The van der Waals surface area contributed by atoms with Crippen LogP contribution in [0.25, 0.3) is 10.8 Å². The molecular formula is C18H16F6N2O4S. The summed E-state index contributed by atoms with van der Waals surface area (Å²) in [5.41, 5.74) is 0.710. The van der Waals surface area contributed by atoms with Crippen LogP contribution in [-0.2, 0) is 10.0 Å². The van der Waals surface area contributed by atoms with E-state index in [-0.39, 0.29) is 15.2 Å². The van der Waals surface area contributed by atoms with Crippen LogP contribution in [0.3, 0.4) is 0 Å². The number of benzene rings is 2. The zero-order valence-corrected chi connectivity index (χ0v) is 16.5. The van der Waals surface area contributed by atoms with Crippen LogP contribution < -0.4 is 4.72 Å². The van der Waals surface area contributed by atoms with E-state index >= 15 is 0 Å². The SMILES string of the molecule is Cc1ccc(S(=O)(=O)NC2CN(C(=O)O)C2C(C(F)(F)F)C(F)(F)F)c2ccccc12. The van der Waals surface area contributed by atoms with Crippen molar-refractivity contribution in [3.63, 3.8) is 0 Å². The van der Waals surface area contributed by atoms with Gasteiger partial charge in [0.15, 0.2) is 5.92 Å². The van der Waals surface area contributed by atoms with Gasteiger partial charge in [0.25, 0.3) is 0 Å². The summed E-state index contributed by atoms with van der Waals surface area (Å²) < 4.78 is 107. The van der Waals surface area contributed by atoms with Crippen molar-refractivity contribution in [1.82, 2.24) is 9.62 Å². The quantitative estimate of drug-likeness (QED) is 0.664. The number of alkyl halides is 6. The molecule has 1 heterocycles. The Morgan fingerprint density at radius 2 is 1.61 bits per heavy atom. The van der Waals surface area contributed by atoms with Crippen LogP contribution in [0, 0.1) is 12.8 Å². The third-order valence-corrected chi connectivity index (χ3v) is 6.70. The van der Waals surface area contributed by atoms with Crippen molar-refractivity contribution in [2.75, 3.05) is 6.54 Å². The van der Waals surface area contributed by atoms with Gasteiger partial charge in [0.1, 0.15) is 0 Å². The molecule has 2 N–H and O–H groups in total. The Kier molecular flexibility index (Phi) is 5.63. The molecule has 3 rings (SSSR count). The monoisotopic (exact) mass is 470 g/mol. The molecule has 170 valence electrons. The molecule has 2 unspecified atom stereocenters. The molecule has 6 nitrogen and oxygen atoms in total. The largest absolute Gasteiger partial charge is 0.465 e. The van der Waals surface area contributed by atoms with E-state index in [0.29, 0.717) is 10.9 Å². The van der Waals surface area contributed by atoms with Gasteiger partial charge in [-0.25, -0.2) is 17.9 Å². The van der Waals surface area contributed by atoms with Crippen LogP contribution in [0.2, 0.25) is 0 Å². The fourth-order valence-corrected chi connectivity index (χ4v) is 5.19. The van der Waals surface area contributed by atoms with E-state index in [1.54, 1.807) is 19.1 Å². The maximum Gasteiger partial charge on any atom is 0.407 e. The number of likely N-dealkylation sites (tertiary alicyclic amines) is 1. The molecule has 0 spiro atoms. The van der Waals surface area contributed by atoms with Crippen molar-refractivity contribution in [2.24, 2.45) is 5.92 Å². The minimum absolute atomic E-state index is 0.0634. The first-order chi connectivity index (χ1) is 14.1. The molecule has 0 bridgehead atoms. The van der Waals surface area contributed by atoms with Crippen LogP contribution in [0.4, 0.5) is 31.1 Å². The van der Waals surface area contributed by atoms with Gasteiger partial charge < -0.3 is 10.0 Å². The summed E-state index contributed by atoms with van der Waals surface area (Å²) in [7, 11) is -4.57. The predicted octanol–water partition coefficient (Wildman–Crippen LogP) is 3.90. The summed E-state index contributed by atoms with van der Waals surface area (Å²) in [6, 6.07) is 4.27. The van der Waals surface area contributed by atoms with Gasteiger partial charge in [-0.2, -0.15) is 26.3 Å². The Labute approximate surface area is 172 Å². The lowest BCUT2D eigenvalue weighted by Gasteiger charge is -2.50. The number of hydrogen-bond donors (Lipinski definition) is 2. The second-order valence-corrected chi connectivity index (χ2v) is 8.82. The Bertz CT molecular complexity index is 1100. The highest BCUT2D eigenvalue weighted by atomic mass is 32.2. The van der Waals surface area contributed by atoms with Gasteiger partial charge in [-0.3, -0.25) is 0 Å². The standard InChI is InChI=1S/C18H16F6N2O4S/c1-9-6-7-13(11-5-3-2-4-10(9)11)31(29,30)25-12-8-26(16(27)28)14(12)15(17(19,20)21)18(22,23)24/h2-7,12,14-15,25H,8H2,1H3,(H,27,28). The van der Waals surface area contributed by atoms with E-state index in [1.807, 2.05) is 4.72 Å². The second kappa shape index (κ2) is 7.55. The van der Waals surface area contributed by atoms with Crippen molar-refractivity contribution >= 4 is 26.9 Å². The first-order valence-corrected chi connectivity index (χ1v) is 10.3. The van der Waals surface area contributed by atoms with Gasteiger partial charge in [-0.05, 0) is 23.9 Å². The number of rotatable bonds is 4. The summed E-state index contributed by atoms with van der Waals surface area (Å²) in [6.45, 7) is 0.849. The summed E-state index contributed by atoms with van der Waals surface area (Å²) in [6.07, 6.45) is -13.7. The molecule has 2 aromatic rings. The number of halogens is 6. The first kappa shape index (κ1) is 23.1. The van der Waals surface area contributed by atoms with Crippen molar-refractivity contribution in [3.8, 4) is 0 Å². The third-order valence-electron chi connectivity index (χ3n) is 5.16. The van der Waals surface area contributed by atoms with Crippen molar-refractivity contribution in [2.45, 2.75) is 36.3 Å². The molecule has 31 heavy (non-hydrogen) atoms. The lowest BCUT2D eigenvalue weighted by atomic mass is 9.84. The van der Waals surface area contributed by atoms with Gasteiger partial charge in [0.05, 0.1) is 17.0 Å². The minimum atomic E-state index is -5.84. The van der Waals surface area contributed by atoms with E-state index in [1.165, 1.54) is 24.3 Å². The molecule has 1 saturated heterocycles. The molecule has 2 atom stereocenters. The Hall–Kier alpha value is -2.54. The molecule has 2 aromatic carbocycles. The van der Waals surface area contributed by atoms with Crippen LogP contribution >= 0.6 is 0 Å². The molecule has 1 aliphatic rings. The van der Waals surface area contributed by atoms with Crippen LogP contribution in [-0.4, -0.2) is 55.5 Å². The van der Waals surface area contributed by atoms with Crippen molar-refractivity contribution in [3.05, 3.63) is 42.0 Å². The number of carbonyl (C=O) groups is 1. The van der Waals surface area contributed by atoms with Gasteiger partial charge in [0.2, 0.25) is 10.0 Å². The summed E-state index contributed by atoms with van der Waals surface area (Å²) in [5.74, 6) is -4.05. The van der Waals surface area contributed by atoms with Gasteiger partial charge in [-0.1, -0.05) is 30.3 Å². The minimum Gasteiger partial charge on any atom is -0.465 e. The zero-order valence-electron chi connectivity index (χ0n) is 15.7.